The summed E-state index contributed by atoms with van der Waals surface area (Å²) in [7, 11) is -2.56. The summed E-state index contributed by atoms with van der Waals surface area (Å²) in [5.41, 5.74) is 3.77. The number of ether oxygens (including phenoxy) is 1. The number of benzene rings is 1. The average Bonchev–Trinajstić information content (AvgIpc) is 2.65. The first kappa shape index (κ1) is 22.3. The van der Waals surface area contributed by atoms with Crippen molar-refractivity contribution in [1.82, 2.24) is 4.72 Å². The predicted octanol–water partition coefficient (Wildman–Crippen LogP) is 2.78. The Balaban J connectivity index is 1.55. The third kappa shape index (κ3) is 3.89. The van der Waals surface area contributed by atoms with E-state index in [0.29, 0.717) is 18.3 Å². The van der Waals surface area contributed by atoms with Gasteiger partial charge in [-0.1, -0.05) is 12.1 Å². The molecule has 1 amide bonds. The van der Waals surface area contributed by atoms with Gasteiger partial charge in [-0.15, -0.1) is 0 Å². The number of carbonyl (C=O) groups excluding carboxylic acids is 2. The molecular weight excluding hydrogens is 416 g/mol. The summed E-state index contributed by atoms with van der Waals surface area (Å²) in [5, 5.41) is 0. The standard InChI is InChI=1S/C23H32N2O5S/c1-21(2,25-31(28,29)18-7-5-4-6-17(18)30-3)19(26)13-22-9-15-8-16(10-22)12-23(11-15,14-22)20(24)27/h4-7,15-16,25H,8-14H2,1-3H3,(H2,24,27). The van der Waals surface area contributed by atoms with Gasteiger partial charge in [-0.25, -0.2) is 8.42 Å². The van der Waals surface area contributed by atoms with Gasteiger partial charge >= 0.3 is 0 Å². The molecule has 31 heavy (non-hydrogen) atoms. The van der Waals surface area contributed by atoms with E-state index >= 15 is 0 Å². The maximum absolute atomic E-state index is 13.4. The summed E-state index contributed by atoms with van der Waals surface area (Å²) in [6.07, 6.45) is 5.51. The SMILES string of the molecule is COc1ccccc1S(=O)(=O)NC(C)(C)C(=O)CC12CC3CC(C1)CC(C(N)=O)(C3)C2. The lowest BCUT2D eigenvalue weighted by molar-refractivity contribution is -0.158. The van der Waals surface area contributed by atoms with Crippen molar-refractivity contribution in [3.8, 4) is 5.75 Å². The second kappa shape index (κ2) is 7.30. The van der Waals surface area contributed by atoms with Gasteiger partial charge in [0.15, 0.2) is 5.78 Å². The highest BCUT2D eigenvalue weighted by Crippen LogP contribution is 2.66. The van der Waals surface area contributed by atoms with Gasteiger partial charge in [0.05, 0.1) is 18.1 Å². The van der Waals surface area contributed by atoms with E-state index in [2.05, 4.69) is 4.72 Å². The zero-order valence-corrected chi connectivity index (χ0v) is 19.3. The Labute approximate surface area is 184 Å². The van der Waals surface area contributed by atoms with Gasteiger partial charge in [0.1, 0.15) is 10.6 Å². The number of amides is 1. The molecule has 0 saturated heterocycles. The van der Waals surface area contributed by atoms with Gasteiger partial charge in [-0.2, -0.15) is 4.72 Å². The highest BCUT2D eigenvalue weighted by atomic mass is 32.2. The first-order valence-corrected chi connectivity index (χ1v) is 12.4. The Morgan fingerprint density at radius 1 is 1.16 bits per heavy atom. The molecular formula is C23H32N2O5S. The molecule has 1 aromatic rings. The molecule has 2 atom stereocenters. The van der Waals surface area contributed by atoms with Crippen LogP contribution >= 0.6 is 0 Å². The van der Waals surface area contributed by atoms with E-state index in [9.17, 15) is 18.0 Å². The molecule has 4 bridgehead atoms. The van der Waals surface area contributed by atoms with Gasteiger partial charge in [-0.3, -0.25) is 9.59 Å². The summed E-state index contributed by atoms with van der Waals surface area (Å²) < 4.78 is 33.8. The molecule has 0 aromatic heterocycles. The Hall–Kier alpha value is -1.93. The minimum Gasteiger partial charge on any atom is -0.495 e. The molecule has 4 saturated carbocycles. The highest BCUT2D eigenvalue weighted by molar-refractivity contribution is 7.89. The van der Waals surface area contributed by atoms with Gasteiger partial charge < -0.3 is 10.5 Å². The molecule has 4 aliphatic carbocycles. The largest absolute Gasteiger partial charge is 0.495 e. The number of rotatable bonds is 8. The van der Waals surface area contributed by atoms with Crippen LogP contribution in [0, 0.1) is 22.7 Å². The average molecular weight is 449 g/mol. The summed E-state index contributed by atoms with van der Waals surface area (Å²) in [6, 6.07) is 6.33. The highest BCUT2D eigenvalue weighted by Gasteiger charge is 2.60. The first-order chi connectivity index (χ1) is 14.4. The number of hydrogen-bond acceptors (Lipinski definition) is 5. The van der Waals surface area contributed by atoms with Crippen LogP contribution in [-0.2, 0) is 19.6 Å². The number of nitrogens with two attached hydrogens (primary N) is 1. The van der Waals surface area contributed by atoms with Crippen molar-refractivity contribution < 1.29 is 22.7 Å². The molecule has 1 aromatic carbocycles. The zero-order valence-electron chi connectivity index (χ0n) is 18.4. The lowest BCUT2D eigenvalue weighted by atomic mass is 9.43. The van der Waals surface area contributed by atoms with Crippen molar-refractivity contribution >= 4 is 21.7 Å². The Bertz CT molecular complexity index is 1000. The molecule has 2 unspecified atom stereocenters. The number of ketones is 1. The predicted molar refractivity (Wildman–Crippen MR) is 116 cm³/mol. The minimum atomic E-state index is -3.97. The lowest BCUT2D eigenvalue weighted by Gasteiger charge is -2.61. The number of hydrogen-bond donors (Lipinski definition) is 2. The number of primary amides is 1. The van der Waals surface area contributed by atoms with Crippen LogP contribution in [0.25, 0.3) is 0 Å². The van der Waals surface area contributed by atoms with Crippen molar-refractivity contribution in [2.45, 2.75) is 69.2 Å². The van der Waals surface area contributed by atoms with Gasteiger partial charge in [0.25, 0.3) is 0 Å². The number of carbonyl (C=O) groups is 2. The fourth-order valence-corrected chi connectivity index (χ4v) is 8.37. The van der Waals surface area contributed by atoms with Crippen LogP contribution in [0.2, 0.25) is 0 Å². The molecule has 7 nitrogen and oxygen atoms in total. The molecule has 3 N–H and O–H groups in total. The van der Waals surface area contributed by atoms with Crippen LogP contribution in [0.15, 0.2) is 29.2 Å². The van der Waals surface area contributed by atoms with Crippen molar-refractivity contribution in [2.24, 2.45) is 28.4 Å². The Kier molecular flexibility index (Phi) is 5.25. The van der Waals surface area contributed by atoms with E-state index in [0.717, 1.165) is 32.1 Å². The summed E-state index contributed by atoms with van der Waals surface area (Å²) in [6.45, 7) is 3.21. The maximum Gasteiger partial charge on any atom is 0.245 e. The van der Waals surface area contributed by atoms with Gasteiger partial charge in [0, 0.05) is 6.42 Å². The second-order valence-electron chi connectivity index (χ2n) is 10.6. The van der Waals surface area contributed by atoms with Crippen molar-refractivity contribution in [1.29, 1.82) is 0 Å². The third-order valence-electron chi connectivity index (χ3n) is 7.69. The summed E-state index contributed by atoms with van der Waals surface area (Å²) >= 11 is 0. The molecule has 0 aliphatic heterocycles. The van der Waals surface area contributed by atoms with E-state index in [-0.39, 0.29) is 34.2 Å². The smallest absolute Gasteiger partial charge is 0.245 e. The van der Waals surface area contributed by atoms with E-state index in [1.165, 1.54) is 13.2 Å². The summed E-state index contributed by atoms with van der Waals surface area (Å²) in [5.74, 6) is 0.676. The lowest BCUT2D eigenvalue weighted by Crippen LogP contribution is -2.58. The minimum absolute atomic E-state index is 0.000797. The van der Waals surface area contributed by atoms with E-state index in [1.807, 2.05) is 0 Å². The zero-order chi connectivity index (χ0) is 22.7. The number of para-hydroxylation sites is 1. The van der Waals surface area contributed by atoms with Gasteiger partial charge in [0.2, 0.25) is 15.9 Å². The van der Waals surface area contributed by atoms with E-state index in [1.54, 1.807) is 32.0 Å². The van der Waals surface area contributed by atoms with Gasteiger partial charge in [-0.05, 0) is 81.8 Å². The topological polar surface area (TPSA) is 116 Å². The number of nitrogens with one attached hydrogen (secondary N) is 1. The Morgan fingerprint density at radius 2 is 1.77 bits per heavy atom. The van der Waals surface area contributed by atoms with Crippen LogP contribution in [0.1, 0.15) is 58.8 Å². The molecule has 4 fully saturated rings. The second-order valence-corrected chi connectivity index (χ2v) is 12.2. The Morgan fingerprint density at radius 3 is 2.35 bits per heavy atom. The fraction of sp³-hybridized carbons (Fsp3) is 0.652. The van der Waals surface area contributed by atoms with Crippen molar-refractivity contribution in [3.05, 3.63) is 24.3 Å². The van der Waals surface area contributed by atoms with Crippen LogP contribution in [0.5, 0.6) is 5.75 Å². The first-order valence-electron chi connectivity index (χ1n) is 10.9. The number of sulfonamides is 1. The van der Waals surface area contributed by atoms with Crippen molar-refractivity contribution in [2.75, 3.05) is 7.11 Å². The van der Waals surface area contributed by atoms with Crippen LogP contribution in [0.3, 0.4) is 0 Å². The molecule has 0 spiro atoms. The fourth-order valence-electron chi connectivity index (χ4n) is 6.80. The molecule has 0 radical (unpaired) electrons. The van der Waals surface area contributed by atoms with Crippen LogP contribution in [-0.4, -0.2) is 32.8 Å². The number of methoxy groups -OCH3 is 1. The molecule has 5 rings (SSSR count). The monoisotopic (exact) mass is 448 g/mol. The summed E-state index contributed by atoms with van der Waals surface area (Å²) in [4.78, 5) is 25.7. The quantitative estimate of drug-likeness (QED) is 0.634. The molecule has 170 valence electrons. The maximum atomic E-state index is 13.4. The van der Waals surface area contributed by atoms with Crippen LogP contribution in [0.4, 0.5) is 0 Å². The van der Waals surface area contributed by atoms with Crippen molar-refractivity contribution in [3.63, 3.8) is 0 Å². The molecule has 0 heterocycles. The molecule has 4 aliphatic rings. The van der Waals surface area contributed by atoms with Crippen LogP contribution < -0.4 is 15.2 Å². The molecule has 8 heteroatoms. The third-order valence-corrected chi connectivity index (χ3v) is 9.38. The normalized spacial score (nSPS) is 32.1. The van der Waals surface area contributed by atoms with E-state index < -0.39 is 21.0 Å². The number of Topliss-reactive ketones (excluding diaryl/α,β-unsaturated/α-hetero) is 1. The van der Waals surface area contributed by atoms with E-state index in [4.69, 9.17) is 10.5 Å².